The number of hydrogen-bond acceptors (Lipinski definition) is 7. The molecule has 2 aromatic heterocycles. The fourth-order valence-electron chi connectivity index (χ4n) is 2.33. The maximum atomic E-state index is 12.2. The molecule has 0 spiro atoms. The number of thiophene rings is 1. The van der Waals surface area contributed by atoms with Crippen LogP contribution in [0.25, 0.3) is 10.7 Å². The number of morpholine rings is 1. The first-order chi connectivity index (χ1) is 11.1. The van der Waals surface area contributed by atoms with E-state index >= 15 is 0 Å². The van der Waals surface area contributed by atoms with Gasteiger partial charge in [-0.1, -0.05) is 11.2 Å². The highest BCUT2D eigenvalue weighted by Crippen LogP contribution is 2.21. The molecule has 122 valence electrons. The summed E-state index contributed by atoms with van der Waals surface area (Å²) in [5, 5.41) is 14.9. The third-order valence-corrected chi connectivity index (χ3v) is 4.36. The number of amides is 1. The second-order valence-electron chi connectivity index (χ2n) is 5.01. The van der Waals surface area contributed by atoms with E-state index in [1.807, 2.05) is 17.5 Å². The Balaban J connectivity index is 1.59. The molecule has 0 aromatic carbocycles. The van der Waals surface area contributed by atoms with E-state index in [4.69, 9.17) is 14.4 Å². The molecule has 3 rings (SSSR count). The van der Waals surface area contributed by atoms with Crippen LogP contribution in [0.2, 0.25) is 0 Å². The maximum absolute atomic E-state index is 12.2. The Labute approximate surface area is 135 Å². The Morgan fingerprint density at radius 2 is 2.35 bits per heavy atom. The van der Waals surface area contributed by atoms with Gasteiger partial charge in [0.2, 0.25) is 17.6 Å². The van der Waals surface area contributed by atoms with E-state index < -0.39 is 12.0 Å². The van der Waals surface area contributed by atoms with Crippen LogP contribution in [-0.4, -0.2) is 57.8 Å². The third-order valence-electron chi connectivity index (χ3n) is 3.50. The van der Waals surface area contributed by atoms with Crippen LogP contribution in [0, 0.1) is 0 Å². The van der Waals surface area contributed by atoms with E-state index in [2.05, 4.69) is 10.1 Å². The van der Waals surface area contributed by atoms with E-state index in [0.717, 1.165) is 4.88 Å². The Bertz CT molecular complexity index is 684. The Morgan fingerprint density at radius 1 is 1.48 bits per heavy atom. The largest absolute Gasteiger partial charge is 0.480 e. The van der Waals surface area contributed by atoms with Gasteiger partial charge in [-0.3, -0.25) is 4.79 Å². The first-order valence-corrected chi connectivity index (χ1v) is 7.99. The van der Waals surface area contributed by atoms with E-state index in [0.29, 0.717) is 18.3 Å². The van der Waals surface area contributed by atoms with Crippen molar-refractivity contribution in [1.82, 2.24) is 15.0 Å². The van der Waals surface area contributed by atoms with Crippen molar-refractivity contribution < 1.29 is 24.0 Å². The predicted molar refractivity (Wildman–Crippen MR) is 79.9 cm³/mol. The minimum atomic E-state index is -1.06. The van der Waals surface area contributed by atoms with Crippen LogP contribution in [0.15, 0.2) is 22.0 Å². The van der Waals surface area contributed by atoms with E-state index in [9.17, 15) is 9.59 Å². The molecule has 1 N–H and O–H groups in total. The zero-order valence-corrected chi connectivity index (χ0v) is 13.0. The molecule has 0 saturated carbocycles. The quantitative estimate of drug-likeness (QED) is 0.869. The second-order valence-corrected chi connectivity index (χ2v) is 5.95. The molecule has 1 atom stereocenters. The van der Waals surface area contributed by atoms with Gasteiger partial charge in [0.1, 0.15) is 0 Å². The topological polar surface area (TPSA) is 106 Å². The normalized spacial score (nSPS) is 18.1. The number of hydrogen-bond donors (Lipinski definition) is 1. The number of aromatic nitrogens is 2. The van der Waals surface area contributed by atoms with Crippen LogP contribution in [0.1, 0.15) is 12.3 Å². The number of aliphatic carboxylic acids is 1. The van der Waals surface area contributed by atoms with Crippen LogP contribution >= 0.6 is 11.3 Å². The van der Waals surface area contributed by atoms with Crippen molar-refractivity contribution in [3.8, 4) is 10.7 Å². The Hall–Kier alpha value is -2.26. The number of rotatable bonds is 5. The predicted octanol–water partition coefficient (Wildman–Crippen LogP) is 1.04. The first-order valence-electron chi connectivity index (χ1n) is 7.11. The van der Waals surface area contributed by atoms with Gasteiger partial charge in [0.25, 0.3) is 0 Å². The SMILES string of the molecule is O=C(O)[C@@H]1COCCN1C(=O)CCc1nc(-c2cccs2)no1. The summed E-state index contributed by atoms with van der Waals surface area (Å²) in [5.41, 5.74) is 0. The third kappa shape index (κ3) is 3.57. The molecular formula is C14H15N3O5S. The highest BCUT2D eigenvalue weighted by atomic mass is 32.1. The van der Waals surface area contributed by atoms with Crippen LogP contribution in [0.4, 0.5) is 0 Å². The summed E-state index contributed by atoms with van der Waals surface area (Å²) in [4.78, 5) is 29.9. The minimum Gasteiger partial charge on any atom is -0.480 e. The fourth-order valence-corrected chi connectivity index (χ4v) is 2.98. The number of aryl methyl sites for hydroxylation is 1. The van der Waals surface area contributed by atoms with E-state index in [1.165, 1.54) is 16.2 Å². The molecule has 9 heteroatoms. The van der Waals surface area contributed by atoms with Crippen molar-refractivity contribution in [1.29, 1.82) is 0 Å². The van der Waals surface area contributed by atoms with Crippen molar-refractivity contribution in [2.45, 2.75) is 18.9 Å². The average Bonchev–Trinajstić information content (AvgIpc) is 3.23. The lowest BCUT2D eigenvalue weighted by Gasteiger charge is -2.32. The van der Waals surface area contributed by atoms with E-state index in [-0.39, 0.29) is 31.9 Å². The zero-order valence-electron chi connectivity index (χ0n) is 12.2. The maximum Gasteiger partial charge on any atom is 0.328 e. The number of carbonyl (C=O) groups is 2. The molecule has 1 aliphatic rings. The van der Waals surface area contributed by atoms with Crippen molar-refractivity contribution in [2.24, 2.45) is 0 Å². The Kier molecular flexibility index (Phi) is 4.68. The fraction of sp³-hybridized carbons (Fsp3) is 0.429. The summed E-state index contributed by atoms with van der Waals surface area (Å²) in [6.07, 6.45) is 0.400. The first kappa shape index (κ1) is 15.6. The molecule has 1 aliphatic heterocycles. The molecule has 8 nitrogen and oxygen atoms in total. The van der Waals surface area contributed by atoms with Crippen LogP contribution < -0.4 is 0 Å². The number of carboxylic acids is 1. The number of ether oxygens (including phenoxy) is 1. The van der Waals surface area contributed by atoms with Gasteiger partial charge in [0.05, 0.1) is 18.1 Å². The number of carboxylic acid groups (broad SMARTS) is 1. The van der Waals surface area contributed by atoms with Crippen molar-refractivity contribution in [3.05, 3.63) is 23.4 Å². The molecule has 1 saturated heterocycles. The smallest absolute Gasteiger partial charge is 0.328 e. The van der Waals surface area contributed by atoms with Crippen molar-refractivity contribution in [3.63, 3.8) is 0 Å². The molecule has 3 heterocycles. The Morgan fingerprint density at radius 3 is 3.09 bits per heavy atom. The van der Waals surface area contributed by atoms with Gasteiger partial charge >= 0.3 is 5.97 Å². The van der Waals surface area contributed by atoms with Crippen LogP contribution in [0.3, 0.4) is 0 Å². The minimum absolute atomic E-state index is 0.0180. The lowest BCUT2D eigenvalue weighted by atomic mass is 10.2. The molecule has 0 bridgehead atoms. The second kappa shape index (κ2) is 6.88. The van der Waals surface area contributed by atoms with Gasteiger partial charge in [-0.25, -0.2) is 4.79 Å². The zero-order chi connectivity index (χ0) is 16.2. The van der Waals surface area contributed by atoms with Gasteiger partial charge < -0.3 is 19.3 Å². The lowest BCUT2D eigenvalue weighted by Crippen LogP contribution is -2.52. The van der Waals surface area contributed by atoms with Gasteiger partial charge in [0, 0.05) is 19.4 Å². The molecule has 23 heavy (non-hydrogen) atoms. The van der Waals surface area contributed by atoms with Gasteiger partial charge in [-0.2, -0.15) is 4.98 Å². The monoisotopic (exact) mass is 337 g/mol. The molecule has 2 aromatic rings. The summed E-state index contributed by atoms with van der Waals surface area (Å²) < 4.78 is 10.3. The summed E-state index contributed by atoms with van der Waals surface area (Å²) in [6, 6.07) is 2.85. The van der Waals surface area contributed by atoms with Crippen LogP contribution in [0.5, 0.6) is 0 Å². The number of carbonyl (C=O) groups excluding carboxylic acids is 1. The van der Waals surface area contributed by atoms with Crippen molar-refractivity contribution >= 4 is 23.2 Å². The van der Waals surface area contributed by atoms with Crippen molar-refractivity contribution in [2.75, 3.05) is 19.8 Å². The highest BCUT2D eigenvalue weighted by molar-refractivity contribution is 7.13. The van der Waals surface area contributed by atoms with Crippen LogP contribution in [-0.2, 0) is 20.7 Å². The van der Waals surface area contributed by atoms with Gasteiger partial charge in [0.15, 0.2) is 6.04 Å². The summed E-state index contributed by atoms with van der Waals surface area (Å²) in [7, 11) is 0. The summed E-state index contributed by atoms with van der Waals surface area (Å²) >= 11 is 1.50. The molecular weight excluding hydrogens is 322 g/mol. The molecule has 0 aliphatic carbocycles. The van der Waals surface area contributed by atoms with E-state index in [1.54, 1.807) is 0 Å². The van der Waals surface area contributed by atoms with Gasteiger partial charge in [-0.15, -0.1) is 11.3 Å². The van der Waals surface area contributed by atoms with Gasteiger partial charge in [-0.05, 0) is 11.4 Å². The summed E-state index contributed by atoms with van der Waals surface area (Å²) in [5.74, 6) is -0.452. The molecule has 1 fully saturated rings. The number of nitrogens with zero attached hydrogens (tertiary/aromatic N) is 3. The molecule has 1 amide bonds. The average molecular weight is 337 g/mol. The lowest BCUT2D eigenvalue weighted by molar-refractivity contribution is -0.158. The molecule has 0 radical (unpaired) electrons. The standard InChI is InChI=1S/C14H15N3O5S/c18-12(17-5-6-21-8-9(17)14(19)20)4-3-11-15-13(16-22-11)10-2-1-7-23-10/h1-2,7,9H,3-6,8H2,(H,19,20)/t9-/m0/s1. The highest BCUT2D eigenvalue weighted by Gasteiger charge is 2.32. The summed E-state index contributed by atoms with van der Waals surface area (Å²) in [6.45, 7) is 0.642. The molecule has 0 unspecified atom stereocenters.